The number of benzene rings is 2. The third kappa shape index (κ3) is 4.34. The van der Waals surface area contributed by atoms with Crippen LogP contribution in [-0.2, 0) is 9.53 Å². The number of hydrogen-bond donors (Lipinski definition) is 1. The zero-order valence-electron chi connectivity index (χ0n) is 17.4. The standard InChI is InChI=1S/C23H17Cl2FN2O4S/c1-3-32-22(31)18-11(2)27-23-28(19(18)12-4-6-15(26)7-5-12)21(30)17(33-23)9-13-8-14(24)10-16(25)20(13)29/h4-10,19,29H,3H2,1-2H3/b17-9-/t19-/m0/s1. The van der Waals surface area contributed by atoms with Crippen LogP contribution < -0.4 is 14.9 Å². The number of ether oxygens (including phenoxy) is 1. The van der Waals surface area contributed by atoms with E-state index in [9.17, 15) is 19.1 Å². The van der Waals surface area contributed by atoms with Crippen LogP contribution in [0.2, 0.25) is 10.0 Å². The highest BCUT2D eigenvalue weighted by Gasteiger charge is 2.33. The number of aromatic hydroxyl groups is 1. The number of fused-ring (bicyclic) bond motifs is 1. The molecule has 1 aromatic heterocycles. The average molecular weight is 507 g/mol. The van der Waals surface area contributed by atoms with Crippen molar-refractivity contribution in [3.8, 4) is 5.75 Å². The van der Waals surface area contributed by atoms with Crippen LogP contribution in [-0.4, -0.2) is 22.2 Å². The maximum absolute atomic E-state index is 13.6. The Morgan fingerprint density at radius 1 is 1.30 bits per heavy atom. The zero-order valence-corrected chi connectivity index (χ0v) is 19.8. The van der Waals surface area contributed by atoms with Crippen LogP contribution in [0, 0.1) is 5.82 Å². The van der Waals surface area contributed by atoms with E-state index < -0.39 is 23.4 Å². The van der Waals surface area contributed by atoms with Gasteiger partial charge in [0.05, 0.1) is 33.5 Å². The Kier molecular flexibility index (Phi) is 6.43. The highest BCUT2D eigenvalue weighted by Crippen LogP contribution is 2.32. The van der Waals surface area contributed by atoms with Gasteiger partial charge in [0.1, 0.15) is 11.6 Å². The molecular formula is C23H17Cl2FN2O4S. The van der Waals surface area contributed by atoms with Crippen LogP contribution in [0.25, 0.3) is 6.08 Å². The second-order valence-electron chi connectivity index (χ2n) is 7.18. The summed E-state index contributed by atoms with van der Waals surface area (Å²) < 4.78 is 20.4. The number of phenols is 1. The highest BCUT2D eigenvalue weighted by molar-refractivity contribution is 7.07. The molecule has 0 spiro atoms. The summed E-state index contributed by atoms with van der Waals surface area (Å²) in [4.78, 5) is 31.1. The van der Waals surface area contributed by atoms with E-state index >= 15 is 0 Å². The van der Waals surface area contributed by atoms with Crippen LogP contribution in [0.4, 0.5) is 4.39 Å². The van der Waals surface area contributed by atoms with E-state index in [1.807, 2.05) is 0 Å². The van der Waals surface area contributed by atoms with Crippen molar-refractivity contribution in [2.75, 3.05) is 6.61 Å². The number of aromatic nitrogens is 1. The normalized spacial score (nSPS) is 15.9. The molecule has 1 N–H and O–H groups in total. The molecule has 0 aliphatic carbocycles. The highest BCUT2D eigenvalue weighted by atomic mass is 35.5. The van der Waals surface area contributed by atoms with E-state index in [0.29, 0.717) is 21.1 Å². The van der Waals surface area contributed by atoms with Gasteiger partial charge < -0.3 is 9.84 Å². The molecule has 10 heteroatoms. The van der Waals surface area contributed by atoms with Crippen molar-refractivity contribution in [1.82, 2.24) is 4.57 Å². The van der Waals surface area contributed by atoms with Crippen LogP contribution in [0.3, 0.4) is 0 Å². The van der Waals surface area contributed by atoms with Gasteiger partial charge in [-0.05, 0) is 49.8 Å². The van der Waals surface area contributed by atoms with Crippen molar-refractivity contribution in [2.24, 2.45) is 4.99 Å². The van der Waals surface area contributed by atoms with Crippen molar-refractivity contribution < 1.29 is 19.0 Å². The number of nitrogens with zero attached hydrogens (tertiary/aromatic N) is 2. The molecule has 1 atom stereocenters. The lowest BCUT2D eigenvalue weighted by Gasteiger charge is -2.24. The number of allylic oxidation sites excluding steroid dienone is 1. The molecule has 3 aromatic rings. The van der Waals surface area contributed by atoms with Gasteiger partial charge in [-0.3, -0.25) is 9.36 Å². The van der Waals surface area contributed by atoms with Gasteiger partial charge >= 0.3 is 5.97 Å². The van der Waals surface area contributed by atoms with E-state index in [2.05, 4.69) is 4.99 Å². The third-order valence-corrected chi connectivity index (χ3v) is 6.54. The number of thiazole rings is 1. The van der Waals surface area contributed by atoms with E-state index in [4.69, 9.17) is 27.9 Å². The molecule has 170 valence electrons. The van der Waals surface area contributed by atoms with Crippen LogP contribution in [0.1, 0.15) is 31.0 Å². The second kappa shape index (κ2) is 9.13. The van der Waals surface area contributed by atoms with Crippen molar-refractivity contribution >= 4 is 46.6 Å². The van der Waals surface area contributed by atoms with E-state index in [-0.39, 0.29) is 33.0 Å². The summed E-state index contributed by atoms with van der Waals surface area (Å²) >= 11 is 13.1. The maximum Gasteiger partial charge on any atom is 0.338 e. The van der Waals surface area contributed by atoms with Crippen LogP contribution in [0.15, 0.2) is 57.5 Å². The number of esters is 1. The molecule has 0 bridgehead atoms. The van der Waals surface area contributed by atoms with Crippen LogP contribution >= 0.6 is 34.5 Å². The van der Waals surface area contributed by atoms with Crippen molar-refractivity contribution in [3.63, 3.8) is 0 Å². The third-order valence-electron chi connectivity index (χ3n) is 5.05. The predicted molar refractivity (Wildman–Crippen MR) is 125 cm³/mol. The molecule has 6 nitrogen and oxygen atoms in total. The Balaban J connectivity index is 1.98. The molecule has 4 rings (SSSR count). The van der Waals surface area contributed by atoms with Crippen molar-refractivity contribution in [1.29, 1.82) is 0 Å². The summed E-state index contributed by atoms with van der Waals surface area (Å²) in [6, 6.07) is 7.55. The lowest BCUT2D eigenvalue weighted by atomic mass is 9.96. The zero-order chi connectivity index (χ0) is 23.9. The minimum Gasteiger partial charge on any atom is -0.506 e. The first-order valence-electron chi connectivity index (χ1n) is 9.84. The quantitative estimate of drug-likeness (QED) is 0.543. The van der Waals surface area contributed by atoms with Gasteiger partial charge in [0.15, 0.2) is 4.80 Å². The fourth-order valence-corrected chi connectivity index (χ4v) is 5.14. The van der Waals surface area contributed by atoms with Gasteiger partial charge in [-0.15, -0.1) is 0 Å². The molecule has 2 heterocycles. The molecule has 1 aliphatic heterocycles. The Bertz CT molecular complexity index is 1480. The summed E-state index contributed by atoms with van der Waals surface area (Å²) in [5.41, 5.74) is 0.922. The SMILES string of the molecule is CCOC(=O)C1=C(C)N=c2s/c(=C\c3cc(Cl)cc(Cl)c3O)c(=O)n2[C@H]1c1ccc(F)cc1. The number of phenolic OH excluding ortho intramolecular Hbond substituents is 1. The van der Waals surface area contributed by atoms with Gasteiger partial charge in [0.25, 0.3) is 5.56 Å². The molecule has 0 saturated carbocycles. The number of halogens is 3. The smallest absolute Gasteiger partial charge is 0.338 e. The van der Waals surface area contributed by atoms with E-state index in [0.717, 1.165) is 11.3 Å². The molecule has 2 aromatic carbocycles. The Hall–Kier alpha value is -2.94. The fourth-order valence-electron chi connectivity index (χ4n) is 3.59. The first-order valence-corrected chi connectivity index (χ1v) is 11.4. The summed E-state index contributed by atoms with van der Waals surface area (Å²) in [7, 11) is 0. The van der Waals surface area contributed by atoms with Gasteiger partial charge in [0, 0.05) is 10.6 Å². The van der Waals surface area contributed by atoms with E-state index in [1.165, 1.54) is 47.0 Å². The number of carbonyl (C=O) groups excluding carboxylic acids is 1. The molecule has 0 amide bonds. The monoisotopic (exact) mass is 506 g/mol. The molecular weight excluding hydrogens is 490 g/mol. The molecule has 0 radical (unpaired) electrons. The summed E-state index contributed by atoms with van der Waals surface area (Å²) in [6.07, 6.45) is 1.46. The first kappa shape index (κ1) is 23.2. The molecule has 0 unspecified atom stereocenters. The second-order valence-corrected chi connectivity index (χ2v) is 9.03. The lowest BCUT2D eigenvalue weighted by molar-refractivity contribution is -0.139. The minimum absolute atomic E-state index is 0.0474. The number of hydrogen-bond acceptors (Lipinski definition) is 6. The minimum atomic E-state index is -0.861. The Labute approximate surface area is 201 Å². The fraction of sp³-hybridized carbons (Fsp3) is 0.174. The molecule has 33 heavy (non-hydrogen) atoms. The van der Waals surface area contributed by atoms with Gasteiger partial charge in [-0.1, -0.05) is 46.7 Å². The lowest BCUT2D eigenvalue weighted by Crippen LogP contribution is -2.39. The number of rotatable bonds is 4. The van der Waals surface area contributed by atoms with E-state index in [1.54, 1.807) is 13.8 Å². The predicted octanol–water partition coefficient (Wildman–Crippen LogP) is 3.95. The van der Waals surface area contributed by atoms with Gasteiger partial charge in [0.2, 0.25) is 0 Å². The Morgan fingerprint density at radius 2 is 2.00 bits per heavy atom. The van der Waals surface area contributed by atoms with Crippen molar-refractivity contribution in [2.45, 2.75) is 19.9 Å². The first-order chi connectivity index (χ1) is 15.7. The molecule has 1 aliphatic rings. The largest absolute Gasteiger partial charge is 0.506 e. The number of carbonyl (C=O) groups is 1. The summed E-state index contributed by atoms with van der Waals surface area (Å²) in [5, 5.41) is 10.6. The van der Waals surface area contributed by atoms with Crippen molar-refractivity contribution in [3.05, 3.63) is 94.3 Å². The van der Waals surface area contributed by atoms with Gasteiger partial charge in [-0.2, -0.15) is 0 Å². The Morgan fingerprint density at radius 3 is 2.67 bits per heavy atom. The molecule has 0 saturated heterocycles. The molecule has 0 fully saturated rings. The topological polar surface area (TPSA) is 80.9 Å². The van der Waals surface area contributed by atoms with Crippen LogP contribution in [0.5, 0.6) is 5.75 Å². The maximum atomic E-state index is 13.6. The average Bonchev–Trinajstić information content (AvgIpc) is 3.06. The summed E-state index contributed by atoms with van der Waals surface area (Å²) in [5.74, 6) is -1.27. The van der Waals surface area contributed by atoms with Gasteiger partial charge in [-0.25, -0.2) is 14.2 Å². The summed E-state index contributed by atoms with van der Waals surface area (Å²) in [6.45, 7) is 3.48.